The van der Waals surface area contributed by atoms with E-state index in [2.05, 4.69) is 10.6 Å². The van der Waals surface area contributed by atoms with Gasteiger partial charge in [-0.15, -0.1) is 11.3 Å². The molecule has 0 aliphatic heterocycles. The van der Waals surface area contributed by atoms with Gasteiger partial charge in [0, 0.05) is 11.9 Å². The highest BCUT2D eigenvalue weighted by Crippen LogP contribution is 2.39. The highest BCUT2D eigenvalue weighted by atomic mass is 32.1. The van der Waals surface area contributed by atoms with Gasteiger partial charge >= 0.3 is 0 Å². The highest BCUT2D eigenvalue weighted by Gasteiger charge is 2.26. The van der Waals surface area contributed by atoms with Crippen molar-refractivity contribution in [1.82, 2.24) is 5.32 Å². The van der Waals surface area contributed by atoms with Gasteiger partial charge in [0.1, 0.15) is 5.00 Å². The van der Waals surface area contributed by atoms with Crippen molar-refractivity contribution in [3.8, 4) is 0 Å². The van der Waals surface area contributed by atoms with Gasteiger partial charge in [-0.3, -0.25) is 9.59 Å². The molecule has 1 aromatic carbocycles. The van der Waals surface area contributed by atoms with Gasteiger partial charge in [-0.2, -0.15) is 0 Å². The van der Waals surface area contributed by atoms with Gasteiger partial charge in [0.2, 0.25) is 5.91 Å². The Kier molecular flexibility index (Phi) is 4.24. The van der Waals surface area contributed by atoms with E-state index in [0.29, 0.717) is 17.0 Å². The minimum Gasteiger partial charge on any atom is -0.355 e. The molecule has 0 saturated carbocycles. The van der Waals surface area contributed by atoms with E-state index >= 15 is 0 Å². The highest BCUT2D eigenvalue weighted by molar-refractivity contribution is 7.17. The molecule has 114 valence electrons. The van der Waals surface area contributed by atoms with Gasteiger partial charge in [0.05, 0.1) is 12.0 Å². The Morgan fingerprint density at radius 3 is 2.68 bits per heavy atom. The van der Waals surface area contributed by atoms with E-state index in [0.717, 1.165) is 30.4 Å². The molecule has 1 aliphatic rings. The van der Waals surface area contributed by atoms with Crippen molar-refractivity contribution >= 4 is 28.2 Å². The van der Waals surface area contributed by atoms with Crippen LogP contribution in [0.3, 0.4) is 0 Å². The van der Waals surface area contributed by atoms with Crippen molar-refractivity contribution in [2.45, 2.75) is 25.7 Å². The third-order valence-corrected chi connectivity index (χ3v) is 5.04. The van der Waals surface area contributed by atoms with E-state index in [9.17, 15) is 9.59 Å². The molecule has 1 heterocycles. The van der Waals surface area contributed by atoms with Crippen molar-refractivity contribution < 1.29 is 9.59 Å². The molecule has 0 fully saturated rings. The number of hydrogen-bond acceptors (Lipinski definition) is 3. The van der Waals surface area contributed by atoms with Crippen molar-refractivity contribution in [2.24, 2.45) is 0 Å². The van der Waals surface area contributed by atoms with Crippen molar-refractivity contribution in [3.05, 3.63) is 51.9 Å². The van der Waals surface area contributed by atoms with Crippen molar-refractivity contribution in [3.63, 3.8) is 0 Å². The molecule has 0 bridgehead atoms. The number of amides is 2. The van der Waals surface area contributed by atoms with Crippen LogP contribution in [0.4, 0.5) is 5.00 Å². The summed E-state index contributed by atoms with van der Waals surface area (Å²) in [5, 5.41) is 6.28. The molecule has 22 heavy (non-hydrogen) atoms. The summed E-state index contributed by atoms with van der Waals surface area (Å²) in [7, 11) is 1.62. The van der Waals surface area contributed by atoms with E-state index in [4.69, 9.17) is 0 Å². The Bertz CT molecular complexity index is 707. The average Bonchev–Trinajstić information content (AvgIpc) is 3.08. The van der Waals surface area contributed by atoms with Crippen LogP contribution in [-0.2, 0) is 24.1 Å². The maximum atomic E-state index is 12.2. The lowest BCUT2D eigenvalue weighted by Crippen LogP contribution is -2.22. The third kappa shape index (κ3) is 2.90. The van der Waals surface area contributed by atoms with Crippen LogP contribution < -0.4 is 10.6 Å². The number of thiophene rings is 1. The number of aryl methyl sites for hydroxylation is 1. The second kappa shape index (κ2) is 6.32. The van der Waals surface area contributed by atoms with Crippen LogP contribution in [0.5, 0.6) is 0 Å². The summed E-state index contributed by atoms with van der Waals surface area (Å²) in [5.74, 6) is -0.203. The summed E-state index contributed by atoms with van der Waals surface area (Å²) in [5.41, 5.74) is 2.73. The number of fused-ring (bicyclic) bond motifs is 1. The lowest BCUT2D eigenvalue weighted by atomic mass is 10.1. The molecule has 4 nitrogen and oxygen atoms in total. The summed E-state index contributed by atoms with van der Waals surface area (Å²) in [6, 6.07) is 9.60. The fraction of sp³-hybridized carbons (Fsp3) is 0.294. The van der Waals surface area contributed by atoms with Crippen molar-refractivity contribution in [1.29, 1.82) is 0 Å². The number of benzene rings is 1. The van der Waals surface area contributed by atoms with Crippen LogP contribution in [0.2, 0.25) is 0 Å². The van der Waals surface area contributed by atoms with E-state index in [1.807, 2.05) is 30.3 Å². The predicted molar refractivity (Wildman–Crippen MR) is 88.5 cm³/mol. The summed E-state index contributed by atoms with van der Waals surface area (Å²) < 4.78 is 0. The molecule has 0 unspecified atom stereocenters. The maximum absolute atomic E-state index is 12.2. The minimum atomic E-state index is -0.116. The summed E-state index contributed by atoms with van der Waals surface area (Å²) in [6.07, 6.45) is 3.32. The summed E-state index contributed by atoms with van der Waals surface area (Å²) in [6.45, 7) is 0. The molecule has 2 amide bonds. The smallest absolute Gasteiger partial charge is 0.254 e. The number of rotatable bonds is 4. The first-order valence-corrected chi connectivity index (χ1v) is 8.21. The van der Waals surface area contributed by atoms with Crippen molar-refractivity contribution in [2.75, 3.05) is 12.4 Å². The SMILES string of the molecule is CNC(=O)c1c(NC(=O)Cc2ccccc2)sc2c1CCC2. The Morgan fingerprint density at radius 2 is 1.95 bits per heavy atom. The average molecular weight is 314 g/mol. The molecule has 0 radical (unpaired) electrons. The normalized spacial score (nSPS) is 12.8. The molecule has 0 spiro atoms. The van der Waals surface area contributed by atoms with Crippen LogP contribution in [0.15, 0.2) is 30.3 Å². The Hall–Kier alpha value is -2.14. The molecule has 3 rings (SSSR count). The zero-order chi connectivity index (χ0) is 15.5. The molecule has 5 heteroatoms. The van der Waals surface area contributed by atoms with Crippen LogP contribution in [-0.4, -0.2) is 18.9 Å². The van der Waals surface area contributed by atoms with Crippen LogP contribution in [0.1, 0.15) is 32.8 Å². The molecular formula is C17H18N2O2S. The molecule has 2 aromatic rings. The zero-order valence-electron chi connectivity index (χ0n) is 12.4. The van der Waals surface area contributed by atoms with E-state index in [1.54, 1.807) is 7.05 Å². The van der Waals surface area contributed by atoms with E-state index < -0.39 is 0 Å². The number of carbonyl (C=O) groups is 2. The standard InChI is InChI=1S/C17H18N2O2S/c1-18-16(21)15-12-8-5-9-13(12)22-17(15)19-14(20)10-11-6-3-2-4-7-11/h2-4,6-7H,5,8-10H2,1H3,(H,18,21)(H,19,20). The quantitative estimate of drug-likeness (QED) is 0.911. The topological polar surface area (TPSA) is 58.2 Å². The zero-order valence-corrected chi connectivity index (χ0v) is 13.3. The summed E-state index contributed by atoms with van der Waals surface area (Å²) >= 11 is 1.54. The summed E-state index contributed by atoms with van der Waals surface area (Å²) in [4.78, 5) is 25.6. The first-order valence-electron chi connectivity index (χ1n) is 7.39. The molecule has 0 saturated heterocycles. The monoisotopic (exact) mass is 314 g/mol. The van der Waals surface area contributed by atoms with Crippen LogP contribution in [0.25, 0.3) is 0 Å². The second-order valence-corrected chi connectivity index (χ2v) is 6.46. The molecule has 1 aromatic heterocycles. The fourth-order valence-corrected chi connectivity index (χ4v) is 4.11. The van der Waals surface area contributed by atoms with E-state index in [1.165, 1.54) is 16.2 Å². The second-order valence-electron chi connectivity index (χ2n) is 5.35. The largest absolute Gasteiger partial charge is 0.355 e. The Balaban J connectivity index is 1.80. The van der Waals surface area contributed by atoms with Gasteiger partial charge in [-0.05, 0) is 30.4 Å². The number of carbonyl (C=O) groups excluding carboxylic acids is 2. The van der Waals surface area contributed by atoms with Crippen LogP contribution >= 0.6 is 11.3 Å². The molecular weight excluding hydrogens is 296 g/mol. The fourth-order valence-electron chi connectivity index (χ4n) is 2.81. The van der Waals surface area contributed by atoms with Gasteiger partial charge in [0.15, 0.2) is 0 Å². The van der Waals surface area contributed by atoms with Gasteiger partial charge in [-0.1, -0.05) is 30.3 Å². The number of anilines is 1. The maximum Gasteiger partial charge on any atom is 0.254 e. The Morgan fingerprint density at radius 1 is 1.18 bits per heavy atom. The molecule has 1 aliphatic carbocycles. The molecule has 2 N–H and O–H groups in total. The third-order valence-electron chi connectivity index (χ3n) is 3.84. The van der Waals surface area contributed by atoms with Gasteiger partial charge < -0.3 is 10.6 Å². The van der Waals surface area contributed by atoms with E-state index in [-0.39, 0.29) is 11.8 Å². The Labute approximate surface area is 133 Å². The first-order chi connectivity index (χ1) is 10.7. The number of hydrogen-bond donors (Lipinski definition) is 2. The van der Waals surface area contributed by atoms with Gasteiger partial charge in [0.25, 0.3) is 5.91 Å². The predicted octanol–water partition coefficient (Wildman–Crippen LogP) is 2.78. The number of nitrogens with one attached hydrogen (secondary N) is 2. The lowest BCUT2D eigenvalue weighted by Gasteiger charge is -2.07. The lowest BCUT2D eigenvalue weighted by molar-refractivity contribution is -0.115. The minimum absolute atomic E-state index is 0.0868. The van der Waals surface area contributed by atoms with Gasteiger partial charge in [-0.25, -0.2) is 0 Å². The van der Waals surface area contributed by atoms with Crippen LogP contribution in [0, 0.1) is 0 Å². The molecule has 0 atom stereocenters. The first kappa shape index (κ1) is 14.8.